The lowest BCUT2D eigenvalue weighted by Gasteiger charge is -2.12. The van der Waals surface area contributed by atoms with Crippen LogP contribution in [0.3, 0.4) is 0 Å². The van der Waals surface area contributed by atoms with E-state index in [4.69, 9.17) is 0 Å². The maximum Gasteiger partial charge on any atom is 0.261 e. The highest BCUT2D eigenvalue weighted by atomic mass is 32.2. The Morgan fingerprint density at radius 3 is 1.90 bits per heavy atom. The molecule has 2 saturated carbocycles. The van der Waals surface area contributed by atoms with Crippen LogP contribution in [0.25, 0.3) is 11.1 Å². The molecule has 0 amide bonds. The van der Waals surface area contributed by atoms with Crippen LogP contribution >= 0.6 is 0 Å². The lowest BCUT2D eigenvalue weighted by atomic mass is 9.93. The summed E-state index contributed by atoms with van der Waals surface area (Å²) in [5.41, 5.74) is 6.74. The summed E-state index contributed by atoms with van der Waals surface area (Å²) in [5.74, 6) is 0.0247. The maximum absolute atomic E-state index is 13.2. The molecule has 0 heterocycles. The number of sulfonamides is 1. The summed E-state index contributed by atoms with van der Waals surface area (Å²) in [6.07, 6.45) is 10.5. The van der Waals surface area contributed by atoms with E-state index < -0.39 is 19.9 Å². The van der Waals surface area contributed by atoms with Crippen LogP contribution in [0.15, 0.2) is 125 Å². The van der Waals surface area contributed by atoms with Crippen LogP contribution in [0.5, 0.6) is 0 Å². The molecule has 5 nitrogen and oxygen atoms in total. The second-order valence-electron chi connectivity index (χ2n) is 13.8. The van der Waals surface area contributed by atoms with Gasteiger partial charge >= 0.3 is 0 Å². The fraction of sp³-hybridized carbons (Fsp3) is 0.282. The van der Waals surface area contributed by atoms with Crippen LogP contribution in [0, 0.1) is 22.5 Å². The molecule has 2 atom stereocenters. The van der Waals surface area contributed by atoms with Crippen molar-refractivity contribution in [1.82, 2.24) is 4.72 Å². The summed E-state index contributed by atoms with van der Waals surface area (Å²) in [6, 6.07) is 28.7. The Morgan fingerprint density at radius 1 is 0.688 bits per heavy atom. The summed E-state index contributed by atoms with van der Waals surface area (Å²) in [5, 5.41) is 0. The van der Waals surface area contributed by atoms with E-state index in [1.165, 1.54) is 41.7 Å². The van der Waals surface area contributed by atoms with Crippen molar-refractivity contribution in [3.05, 3.63) is 143 Å². The minimum absolute atomic E-state index is 0.190. The zero-order valence-corrected chi connectivity index (χ0v) is 28.3. The Labute approximate surface area is 281 Å². The molecule has 248 valence electrons. The summed E-state index contributed by atoms with van der Waals surface area (Å²) < 4.78 is 77.5. The van der Waals surface area contributed by atoms with Gasteiger partial charge in [0.25, 0.3) is 10.0 Å². The van der Waals surface area contributed by atoms with Crippen molar-refractivity contribution in [3.8, 4) is 0 Å². The monoisotopic (exact) mass is 685 g/mol. The minimum Gasteiger partial charge on any atom is -0.283 e. The predicted octanol–water partition coefficient (Wildman–Crippen LogP) is 8.67. The van der Waals surface area contributed by atoms with Crippen LogP contribution < -0.4 is 4.72 Å². The SMILES string of the molecule is CS(=O)(=O)c1ccc(C2=CCC3(C2)CC3c2ccc(F)cc2)cc1.O=S(=O)(NC1=C(c2ccc(F)cc2)CC2(CC2)C1)c1ccccc1. The van der Waals surface area contributed by atoms with Gasteiger partial charge in [-0.25, -0.2) is 25.6 Å². The Morgan fingerprint density at radius 2 is 1.29 bits per heavy atom. The van der Waals surface area contributed by atoms with Gasteiger partial charge in [-0.05, 0) is 138 Å². The van der Waals surface area contributed by atoms with E-state index in [-0.39, 0.29) is 27.4 Å². The first-order valence-corrected chi connectivity index (χ1v) is 19.5. The third-order valence-electron chi connectivity index (χ3n) is 10.3. The number of hydrogen-bond acceptors (Lipinski definition) is 4. The minimum atomic E-state index is -3.60. The third-order valence-corrected chi connectivity index (χ3v) is 12.9. The molecule has 0 bridgehead atoms. The molecule has 8 rings (SSSR count). The number of hydrogen-bond donors (Lipinski definition) is 1. The highest BCUT2D eigenvalue weighted by Gasteiger charge is 2.55. The predicted molar refractivity (Wildman–Crippen MR) is 184 cm³/mol. The molecular weight excluding hydrogens is 649 g/mol. The van der Waals surface area contributed by atoms with Crippen molar-refractivity contribution in [2.75, 3.05) is 6.26 Å². The van der Waals surface area contributed by atoms with Gasteiger partial charge < -0.3 is 0 Å². The van der Waals surface area contributed by atoms with E-state index in [9.17, 15) is 25.6 Å². The van der Waals surface area contributed by atoms with Crippen LogP contribution in [0.4, 0.5) is 8.78 Å². The van der Waals surface area contributed by atoms with Gasteiger partial charge in [-0.1, -0.05) is 60.7 Å². The largest absolute Gasteiger partial charge is 0.283 e. The quantitative estimate of drug-likeness (QED) is 0.211. The molecule has 2 fully saturated rings. The molecule has 0 aromatic heterocycles. The summed E-state index contributed by atoms with van der Waals surface area (Å²) >= 11 is 0. The Kier molecular flexibility index (Phi) is 8.19. The van der Waals surface area contributed by atoms with E-state index in [0.29, 0.717) is 10.8 Å². The summed E-state index contributed by atoms with van der Waals surface area (Å²) in [4.78, 5) is 0.614. The van der Waals surface area contributed by atoms with Gasteiger partial charge in [0.2, 0.25) is 0 Å². The molecular formula is C39H37F2NO4S2. The van der Waals surface area contributed by atoms with E-state index in [1.807, 2.05) is 24.3 Å². The summed E-state index contributed by atoms with van der Waals surface area (Å²) in [7, 11) is -6.75. The van der Waals surface area contributed by atoms with Crippen molar-refractivity contribution in [2.24, 2.45) is 10.8 Å². The average molecular weight is 686 g/mol. The number of halogens is 2. The Bertz CT molecular complexity index is 2120. The Balaban J connectivity index is 0.000000152. The molecule has 0 aliphatic heterocycles. The second kappa shape index (κ2) is 12.1. The highest BCUT2D eigenvalue weighted by molar-refractivity contribution is 7.90. The van der Waals surface area contributed by atoms with Crippen LogP contribution in [-0.4, -0.2) is 23.1 Å². The topological polar surface area (TPSA) is 80.3 Å². The standard InChI is InChI=1S/C20H19FO2S.C19H18FNO2S/c1-24(22,23)18-8-4-14(5-9-18)16-10-11-20(12-16)13-19(20)15-2-6-17(21)7-3-15;20-15-8-6-14(7-9-15)17-12-19(10-11-19)13-18(17)21-24(22,23)16-4-2-1-3-5-16/h2-10,19H,11-13H2,1H3;1-9,21H,10-13H2. The number of sulfone groups is 1. The Hall–Kier alpha value is -4.08. The van der Waals surface area contributed by atoms with Crippen LogP contribution in [0.2, 0.25) is 0 Å². The molecule has 48 heavy (non-hydrogen) atoms. The molecule has 4 aliphatic carbocycles. The van der Waals surface area contributed by atoms with Gasteiger partial charge in [0.15, 0.2) is 9.84 Å². The third kappa shape index (κ3) is 6.76. The average Bonchev–Trinajstić information content (AvgIpc) is 3.89. The van der Waals surface area contributed by atoms with Gasteiger partial charge in [-0.15, -0.1) is 0 Å². The molecule has 0 radical (unpaired) electrons. The normalized spacial score (nSPS) is 22.3. The molecule has 2 spiro atoms. The molecule has 0 saturated heterocycles. The fourth-order valence-corrected chi connectivity index (χ4v) is 9.11. The number of allylic oxidation sites excluding steroid dienone is 4. The molecule has 4 aliphatic rings. The highest BCUT2D eigenvalue weighted by Crippen LogP contribution is 2.68. The van der Waals surface area contributed by atoms with Crippen molar-refractivity contribution in [2.45, 2.75) is 60.7 Å². The van der Waals surface area contributed by atoms with E-state index in [2.05, 4.69) is 10.8 Å². The van der Waals surface area contributed by atoms with E-state index in [0.717, 1.165) is 67.3 Å². The van der Waals surface area contributed by atoms with Crippen LogP contribution in [-0.2, 0) is 19.9 Å². The van der Waals surface area contributed by atoms with Gasteiger partial charge in [0.1, 0.15) is 11.6 Å². The number of nitrogens with one attached hydrogen (secondary N) is 1. The summed E-state index contributed by atoms with van der Waals surface area (Å²) in [6.45, 7) is 0. The van der Waals surface area contributed by atoms with E-state index >= 15 is 0 Å². The lowest BCUT2D eigenvalue weighted by Crippen LogP contribution is -2.23. The zero-order chi connectivity index (χ0) is 33.7. The number of benzene rings is 4. The molecule has 9 heteroatoms. The zero-order valence-electron chi connectivity index (χ0n) is 26.6. The van der Waals surface area contributed by atoms with Crippen LogP contribution in [0.1, 0.15) is 67.6 Å². The molecule has 4 aromatic rings. The molecule has 2 unspecified atom stereocenters. The first kappa shape index (κ1) is 32.5. The molecule has 1 N–H and O–H groups in total. The lowest BCUT2D eigenvalue weighted by molar-refractivity contribution is 0.538. The van der Waals surface area contributed by atoms with Crippen molar-refractivity contribution in [1.29, 1.82) is 0 Å². The molecule has 4 aromatic carbocycles. The fourth-order valence-electron chi connectivity index (χ4n) is 7.32. The van der Waals surface area contributed by atoms with Gasteiger partial charge in [0, 0.05) is 12.0 Å². The maximum atomic E-state index is 13.2. The second-order valence-corrected chi connectivity index (χ2v) is 17.5. The van der Waals surface area contributed by atoms with Crippen molar-refractivity contribution in [3.63, 3.8) is 0 Å². The number of rotatable bonds is 7. The van der Waals surface area contributed by atoms with Gasteiger partial charge in [-0.2, -0.15) is 0 Å². The van der Waals surface area contributed by atoms with Gasteiger partial charge in [-0.3, -0.25) is 4.72 Å². The first-order valence-electron chi connectivity index (χ1n) is 16.2. The smallest absolute Gasteiger partial charge is 0.261 e. The van der Waals surface area contributed by atoms with E-state index in [1.54, 1.807) is 54.6 Å². The first-order chi connectivity index (χ1) is 22.8. The van der Waals surface area contributed by atoms with Gasteiger partial charge in [0.05, 0.1) is 9.79 Å². The van der Waals surface area contributed by atoms with Crippen molar-refractivity contribution < 1.29 is 25.6 Å². The van der Waals surface area contributed by atoms with Crippen molar-refractivity contribution >= 4 is 31.0 Å².